The van der Waals surface area contributed by atoms with Crippen LogP contribution in [0.25, 0.3) is 0 Å². The molecule has 0 unspecified atom stereocenters. The van der Waals surface area contributed by atoms with Crippen LogP contribution in [0.2, 0.25) is 0 Å². The Morgan fingerprint density at radius 1 is 1.58 bits per heavy atom. The maximum Gasteiger partial charge on any atom is 0.242 e. The van der Waals surface area contributed by atoms with Crippen molar-refractivity contribution in [1.82, 2.24) is 20.2 Å². The lowest BCUT2D eigenvalue weighted by Gasteiger charge is -2.25. The zero-order valence-electron chi connectivity index (χ0n) is 7.19. The van der Waals surface area contributed by atoms with Crippen LogP contribution in [0.5, 0.6) is 0 Å². The maximum atomic E-state index is 3.84. The minimum absolute atomic E-state index is 0.766. The summed E-state index contributed by atoms with van der Waals surface area (Å²) in [7, 11) is 1.84. The lowest BCUT2D eigenvalue weighted by atomic mass is 9.85. The number of hydrogen-bond acceptors (Lipinski definition) is 4. The van der Waals surface area contributed by atoms with E-state index in [-0.39, 0.29) is 0 Å². The Balaban J connectivity index is 1.82. The van der Waals surface area contributed by atoms with E-state index in [0.29, 0.717) is 0 Å². The molecule has 1 aromatic rings. The van der Waals surface area contributed by atoms with Gasteiger partial charge in [0.05, 0.1) is 0 Å². The molecule has 5 nitrogen and oxygen atoms in total. The molecule has 1 aliphatic carbocycles. The quantitative estimate of drug-likeness (QED) is 0.709. The third-order valence-corrected chi connectivity index (χ3v) is 2.39. The Labute approximate surface area is 71.1 Å². The number of hydrogen-bond donors (Lipinski definition) is 1. The first-order valence-electron chi connectivity index (χ1n) is 4.32. The van der Waals surface area contributed by atoms with Crippen molar-refractivity contribution in [2.75, 3.05) is 11.9 Å². The zero-order valence-corrected chi connectivity index (χ0v) is 7.19. The topological polar surface area (TPSA) is 55.6 Å². The molecule has 66 valence electrons. The van der Waals surface area contributed by atoms with E-state index in [0.717, 1.165) is 18.4 Å². The number of aryl methyl sites for hydroxylation is 1. The van der Waals surface area contributed by atoms with E-state index >= 15 is 0 Å². The number of anilines is 1. The van der Waals surface area contributed by atoms with Crippen molar-refractivity contribution in [2.45, 2.75) is 19.3 Å². The second-order valence-electron chi connectivity index (χ2n) is 3.30. The SMILES string of the molecule is Cn1nnnc1NCC1CCC1. The maximum absolute atomic E-state index is 3.84. The van der Waals surface area contributed by atoms with E-state index in [1.54, 1.807) is 4.68 Å². The van der Waals surface area contributed by atoms with Crippen molar-refractivity contribution in [3.8, 4) is 0 Å². The number of rotatable bonds is 3. The number of nitrogens with one attached hydrogen (secondary N) is 1. The number of aromatic nitrogens is 4. The molecule has 1 fully saturated rings. The van der Waals surface area contributed by atoms with Gasteiger partial charge in [-0.15, -0.1) is 0 Å². The van der Waals surface area contributed by atoms with Gasteiger partial charge >= 0.3 is 0 Å². The second kappa shape index (κ2) is 3.08. The highest BCUT2D eigenvalue weighted by Gasteiger charge is 2.17. The molecule has 12 heavy (non-hydrogen) atoms. The van der Waals surface area contributed by atoms with Gasteiger partial charge in [0, 0.05) is 13.6 Å². The molecule has 0 atom stereocenters. The van der Waals surface area contributed by atoms with Crippen LogP contribution in [0, 0.1) is 5.92 Å². The summed E-state index contributed by atoms with van der Waals surface area (Å²) < 4.78 is 1.65. The molecular weight excluding hydrogens is 154 g/mol. The first kappa shape index (κ1) is 7.52. The van der Waals surface area contributed by atoms with Crippen LogP contribution in [-0.4, -0.2) is 26.8 Å². The third kappa shape index (κ3) is 1.39. The lowest BCUT2D eigenvalue weighted by Crippen LogP contribution is -2.22. The molecule has 2 rings (SSSR count). The van der Waals surface area contributed by atoms with Gasteiger partial charge < -0.3 is 5.32 Å². The molecule has 1 heterocycles. The van der Waals surface area contributed by atoms with Crippen molar-refractivity contribution in [1.29, 1.82) is 0 Å². The fraction of sp³-hybridized carbons (Fsp3) is 0.857. The van der Waals surface area contributed by atoms with Gasteiger partial charge in [-0.1, -0.05) is 11.5 Å². The molecule has 0 saturated heterocycles. The van der Waals surface area contributed by atoms with E-state index in [1.807, 2.05) is 7.05 Å². The highest BCUT2D eigenvalue weighted by atomic mass is 15.6. The van der Waals surface area contributed by atoms with Gasteiger partial charge in [0.1, 0.15) is 0 Å². The first-order valence-corrected chi connectivity index (χ1v) is 4.32. The summed E-state index contributed by atoms with van der Waals surface area (Å²) in [6, 6.07) is 0. The van der Waals surface area contributed by atoms with Gasteiger partial charge in [-0.05, 0) is 29.2 Å². The Bertz CT molecular complexity index is 252. The predicted octanol–water partition coefficient (Wildman–Crippen LogP) is 0.422. The fourth-order valence-corrected chi connectivity index (χ4v) is 1.31. The summed E-state index contributed by atoms with van der Waals surface area (Å²) in [5.41, 5.74) is 0. The second-order valence-corrected chi connectivity index (χ2v) is 3.30. The lowest BCUT2D eigenvalue weighted by molar-refractivity contribution is 0.332. The van der Waals surface area contributed by atoms with E-state index < -0.39 is 0 Å². The molecule has 0 aromatic carbocycles. The molecule has 1 aromatic heterocycles. The van der Waals surface area contributed by atoms with Crippen LogP contribution in [0.4, 0.5) is 5.95 Å². The fourth-order valence-electron chi connectivity index (χ4n) is 1.31. The average Bonchev–Trinajstić information content (AvgIpc) is 2.33. The van der Waals surface area contributed by atoms with Crippen LogP contribution >= 0.6 is 0 Å². The minimum atomic E-state index is 0.766. The van der Waals surface area contributed by atoms with Gasteiger partial charge in [-0.2, -0.15) is 0 Å². The van der Waals surface area contributed by atoms with E-state index in [9.17, 15) is 0 Å². The summed E-state index contributed by atoms with van der Waals surface area (Å²) in [5.74, 6) is 1.60. The smallest absolute Gasteiger partial charge is 0.242 e. The van der Waals surface area contributed by atoms with Crippen molar-refractivity contribution < 1.29 is 0 Å². The first-order chi connectivity index (χ1) is 5.86. The van der Waals surface area contributed by atoms with Crippen LogP contribution < -0.4 is 5.32 Å². The molecule has 1 saturated carbocycles. The molecule has 0 radical (unpaired) electrons. The van der Waals surface area contributed by atoms with E-state index in [4.69, 9.17) is 0 Å². The van der Waals surface area contributed by atoms with Crippen LogP contribution in [0.3, 0.4) is 0 Å². The van der Waals surface area contributed by atoms with Crippen molar-refractivity contribution in [2.24, 2.45) is 13.0 Å². The summed E-state index contributed by atoms with van der Waals surface area (Å²) in [6.45, 7) is 1.01. The summed E-state index contributed by atoms with van der Waals surface area (Å²) in [5, 5.41) is 14.3. The molecule has 5 heteroatoms. The predicted molar refractivity (Wildman–Crippen MR) is 44.6 cm³/mol. The third-order valence-electron chi connectivity index (χ3n) is 2.39. The molecule has 0 aliphatic heterocycles. The number of nitrogens with zero attached hydrogens (tertiary/aromatic N) is 4. The van der Waals surface area contributed by atoms with Gasteiger partial charge in [-0.25, -0.2) is 4.68 Å². The Morgan fingerprint density at radius 3 is 2.92 bits per heavy atom. The van der Waals surface area contributed by atoms with Gasteiger partial charge in [0.15, 0.2) is 0 Å². The standard InChI is InChI=1S/C7H13N5/c1-12-7(9-10-11-12)8-5-6-3-2-4-6/h6H,2-5H2,1H3,(H,8,9,11). The summed E-state index contributed by atoms with van der Waals surface area (Å²) >= 11 is 0. The minimum Gasteiger partial charge on any atom is -0.353 e. The van der Waals surface area contributed by atoms with Crippen molar-refractivity contribution in [3.05, 3.63) is 0 Å². The largest absolute Gasteiger partial charge is 0.353 e. The molecule has 1 aliphatic rings. The normalized spacial score (nSPS) is 17.4. The summed E-state index contributed by atoms with van der Waals surface area (Å²) in [4.78, 5) is 0. The molecule has 0 bridgehead atoms. The van der Waals surface area contributed by atoms with Crippen LogP contribution in [-0.2, 0) is 7.05 Å². The van der Waals surface area contributed by atoms with Crippen LogP contribution in [0.1, 0.15) is 19.3 Å². The molecular formula is C7H13N5. The van der Waals surface area contributed by atoms with Crippen LogP contribution in [0.15, 0.2) is 0 Å². The van der Waals surface area contributed by atoms with E-state index in [2.05, 4.69) is 20.8 Å². The molecule has 1 N–H and O–H groups in total. The van der Waals surface area contributed by atoms with Gasteiger partial charge in [0.25, 0.3) is 0 Å². The number of tetrazole rings is 1. The van der Waals surface area contributed by atoms with Gasteiger partial charge in [-0.3, -0.25) is 0 Å². The van der Waals surface area contributed by atoms with Crippen molar-refractivity contribution in [3.63, 3.8) is 0 Å². The zero-order chi connectivity index (χ0) is 8.39. The Kier molecular flexibility index (Phi) is 1.93. The highest BCUT2D eigenvalue weighted by Crippen LogP contribution is 2.25. The van der Waals surface area contributed by atoms with Crippen molar-refractivity contribution >= 4 is 5.95 Å². The summed E-state index contributed by atoms with van der Waals surface area (Å²) in [6.07, 6.45) is 4.07. The molecule has 0 amide bonds. The monoisotopic (exact) mass is 167 g/mol. The Hall–Kier alpha value is -1.13. The highest BCUT2D eigenvalue weighted by molar-refractivity contribution is 5.20. The molecule has 0 spiro atoms. The van der Waals surface area contributed by atoms with Gasteiger partial charge in [0.2, 0.25) is 5.95 Å². The van der Waals surface area contributed by atoms with E-state index in [1.165, 1.54) is 19.3 Å². The average molecular weight is 167 g/mol. The Morgan fingerprint density at radius 2 is 2.42 bits per heavy atom.